The van der Waals surface area contributed by atoms with E-state index in [0.717, 1.165) is 18.7 Å². The third kappa shape index (κ3) is 5.51. The first-order chi connectivity index (χ1) is 12.4. The molecule has 0 atom stereocenters. The molecule has 1 heterocycles. The van der Waals surface area contributed by atoms with Crippen LogP contribution in [0.25, 0.3) is 0 Å². The third-order valence-corrected chi connectivity index (χ3v) is 4.94. The standard InChI is InChI=1S/C19H31N3O4/c1-14(2)22-9-7-19(24,8-10-22)13-21-18(23)20-12-15-5-6-16(25-3)17(11-15)26-4/h5-6,11,14,24H,7-10,12-13H2,1-4H3,(H2,20,21,23). The highest BCUT2D eigenvalue weighted by Crippen LogP contribution is 2.27. The van der Waals surface area contributed by atoms with E-state index in [1.165, 1.54) is 0 Å². The number of hydrogen-bond donors (Lipinski definition) is 3. The molecule has 0 bridgehead atoms. The first kappa shape index (κ1) is 20.3. The Kier molecular flexibility index (Phi) is 7.11. The van der Waals surface area contributed by atoms with Crippen molar-refractivity contribution in [2.45, 2.75) is 44.9 Å². The maximum Gasteiger partial charge on any atom is 0.315 e. The number of nitrogens with one attached hydrogen (secondary N) is 2. The Labute approximate surface area is 155 Å². The summed E-state index contributed by atoms with van der Waals surface area (Å²) in [7, 11) is 3.16. The monoisotopic (exact) mass is 365 g/mol. The van der Waals surface area contributed by atoms with Crippen molar-refractivity contribution in [3.63, 3.8) is 0 Å². The van der Waals surface area contributed by atoms with Gasteiger partial charge in [-0.1, -0.05) is 6.07 Å². The van der Waals surface area contributed by atoms with Gasteiger partial charge in [0.1, 0.15) is 0 Å². The number of nitrogens with zero attached hydrogens (tertiary/aromatic N) is 1. The number of aliphatic hydroxyl groups is 1. The lowest BCUT2D eigenvalue weighted by Gasteiger charge is -2.40. The van der Waals surface area contributed by atoms with Crippen LogP contribution in [0, 0.1) is 0 Å². The molecular formula is C19H31N3O4. The van der Waals surface area contributed by atoms with E-state index >= 15 is 0 Å². The Morgan fingerprint density at radius 2 is 1.85 bits per heavy atom. The number of urea groups is 1. The normalized spacial score (nSPS) is 17.0. The van der Waals surface area contributed by atoms with Crippen molar-refractivity contribution in [2.24, 2.45) is 0 Å². The zero-order valence-electron chi connectivity index (χ0n) is 16.2. The molecule has 26 heavy (non-hydrogen) atoms. The predicted octanol–water partition coefficient (Wildman–Crippen LogP) is 1.74. The Balaban J connectivity index is 1.77. The molecular weight excluding hydrogens is 334 g/mol. The zero-order valence-corrected chi connectivity index (χ0v) is 16.2. The highest BCUT2D eigenvalue weighted by Gasteiger charge is 2.33. The number of rotatable bonds is 7. The van der Waals surface area contributed by atoms with Crippen molar-refractivity contribution >= 4 is 6.03 Å². The van der Waals surface area contributed by atoms with Crippen LogP contribution in [0.1, 0.15) is 32.3 Å². The number of amides is 2. The quantitative estimate of drug-likeness (QED) is 0.686. The molecule has 0 aliphatic carbocycles. The maximum atomic E-state index is 12.1. The lowest BCUT2D eigenvalue weighted by atomic mass is 9.91. The average Bonchev–Trinajstić information content (AvgIpc) is 2.64. The van der Waals surface area contributed by atoms with Gasteiger partial charge in [-0.2, -0.15) is 0 Å². The third-order valence-electron chi connectivity index (χ3n) is 4.94. The van der Waals surface area contributed by atoms with Crippen LogP contribution in [0.5, 0.6) is 11.5 Å². The van der Waals surface area contributed by atoms with Crippen molar-refractivity contribution in [3.05, 3.63) is 23.8 Å². The molecule has 0 saturated carbocycles. The van der Waals surface area contributed by atoms with E-state index in [9.17, 15) is 9.90 Å². The molecule has 1 saturated heterocycles. The Bertz CT molecular complexity index is 598. The number of carbonyl (C=O) groups excluding carboxylic acids is 1. The minimum absolute atomic E-state index is 0.261. The molecule has 0 spiro atoms. The van der Waals surface area contributed by atoms with Gasteiger partial charge in [0.15, 0.2) is 11.5 Å². The van der Waals surface area contributed by atoms with Crippen LogP contribution in [0.2, 0.25) is 0 Å². The average molecular weight is 365 g/mol. The van der Waals surface area contributed by atoms with Gasteiger partial charge < -0.3 is 30.1 Å². The molecule has 2 amide bonds. The Morgan fingerprint density at radius 1 is 1.19 bits per heavy atom. The van der Waals surface area contributed by atoms with Crippen molar-refractivity contribution < 1.29 is 19.4 Å². The lowest BCUT2D eigenvalue weighted by molar-refractivity contribution is -0.0244. The fourth-order valence-corrected chi connectivity index (χ4v) is 3.11. The summed E-state index contributed by atoms with van der Waals surface area (Å²) in [4.78, 5) is 14.4. The highest BCUT2D eigenvalue weighted by atomic mass is 16.5. The highest BCUT2D eigenvalue weighted by molar-refractivity contribution is 5.73. The van der Waals surface area contributed by atoms with Crippen LogP contribution in [0.4, 0.5) is 4.79 Å². The predicted molar refractivity (Wildman–Crippen MR) is 101 cm³/mol. The van der Waals surface area contributed by atoms with Gasteiger partial charge in [-0.25, -0.2) is 4.79 Å². The lowest BCUT2D eigenvalue weighted by Crippen LogP contribution is -2.53. The fraction of sp³-hybridized carbons (Fsp3) is 0.632. The first-order valence-corrected chi connectivity index (χ1v) is 9.06. The molecule has 3 N–H and O–H groups in total. The Morgan fingerprint density at radius 3 is 2.42 bits per heavy atom. The van der Waals surface area contributed by atoms with Gasteiger partial charge in [-0.3, -0.25) is 0 Å². The van der Waals surface area contributed by atoms with Gasteiger partial charge in [-0.15, -0.1) is 0 Å². The second kappa shape index (κ2) is 9.09. The smallest absolute Gasteiger partial charge is 0.315 e. The molecule has 1 aromatic rings. The summed E-state index contributed by atoms with van der Waals surface area (Å²) in [6, 6.07) is 5.70. The van der Waals surface area contributed by atoms with Crippen molar-refractivity contribution in [1.29, 1.82) is 0 Å². The zero-order chi connectivity index (χ0) is 19.2. The summed E-state index contributed by atoms with van der Waals surface area (Å²) in [6.45, 7) is 6.64. The van der Waals surface area contributed by atoms with E-state index in [1.54, 1.807) is 20.3 Å². The van der Waals surface area contributed by atoms with Gasteiger partial charge >= 0.3 is 6.03 Å². The summed E-state index contributed by atoms with van der Waals surface area (Å²) in [5.74, 6) is 1.27. The first-order valence-electron chi connectivity index (χ1n) is 9.06. The second-order valence-corrected chi connectivity index (χ2v) is 7.08. The minimum atomic E-state index is -0.827. The summed E-state index contributed by atoms with van der Waals surface area (Å²) in [6.07, 6.45) is 1.34. The number of hydrogen-bond acceptors (Lipinski definition) is 5. The number of methoxy groups -OCH3 is 2. The van der Waals surface area contributed by atoms with E-state index in [-0.39, 0.29) is 12.6 Å². The number of piperidine rings is 1. The van der Waals surface area contributed by atoms with Crippen LogP contribution in [0.15, 0.2) is 18.2 Å². The molecule has 0 unspecified atom stereocenters. The van der Waals surface area contributed by atoms with Crippen LogP contribution in [-0.2, 0) is 6.54 Å². The number of carbonyl (C=O) groups is 1. The molecule has 0 aromatic heterocycles. The molecule has 7 nitrogen and oxygen atoms in total. The molecule has 1 aliphatic rings. The van der Waals surface area contributed by atoms with Gasteiger partial charge in [0.2, 0.25) is 0 Å². The number of likely N-dealkylation sites (tertiary alicyclic amines) is 1. The maximum absolute atomic E-state index is 12.1. The van der Waals surface area contributed by atoms with Gasteiger partial charge in [0.05, 0.1) is 19.8 Å². The van der Waals surface area contributed by atoms with E-state index in [0.29, 0.717) is 36.9 Å². The Hall–Kier alpha value is -1.99. The van der Waals surface area contributed by atoms with E-state index in [4.69, 9.17) is 9.47 Å². The summed E-state index contributed by atoms with van der Waals surface area (Å²) in [5, 5.41) is 16.2. The van der Waals surface area contributed by atoms with Crippen molar-refractivity contribution in [1.82, 2.24) is 15.5 Å². The summed E-state index contributed by atoms with van der Waals surface area (Å²) < 4.78 is 10.5. The molecule has 1 fully saturated rings. The molecule has 1 aliphatic heterocycles. The molecule has 146 valence electrons. The van der Waals surface area contributed by atoms with Gasteiger partial charge in [-0.05, 0) is 44.4 Å². The minimum Gasteiger partial charge on any atom is -0.493 e. The molecule has 0 radical (unpaired) electrons. The van der Waals surface area contributed by atoms with Crippen molar-refractivity contribution in [3.8, 4) is 11.5 Å². The molecule has 2 rings (SSSR count). The number of benzene rings is 1. The van der Waals surface area contributed by atoms with Crippen LogP contribution in [0.3, 0.4) is 0 Å². The van der Waals surface area contributed by atoms with Gasteiger partial charge in [0.25, 0.3) is 0 Å². The van der Waals surface area contributed by atoms with Crippen LogP contribution >= 0.6 is 0 Å². The molecule has 1 aromatic carbocycles. The van der Waals surface area contributed by atoms with E-state index in [1.807, 2.05) is 12.1 Å². The summed E-state index contributed by atoms with van der Waals surface area (Å²) in [5.41, 5.74) is 0.0771. The SMILES string of the molecule is COc1ccc(CNC(=O)NCC2(O)CCN(C(C)C)CC2)cc1OC. The molecule has 7 heteroatoms. The van der Waals surface area contributed by atoms with E-state index in [2.05, 4.69) is 29.4 Å². The fourth-order valence-electron chi connectivity index (χ4n) is 3.11. The second-order valence-electron chi connectivity index (χ2n) is 7.08. The van der Waals surface area contributed by atoms with Gasteiger partial charge in [0, 0.05) is 32.2 Å². The van der Waals surface area contributed by atoms with Crippen LogP contribution < -0.4 is 20.1 Å². The van der Waals surface area contributed by atoms with E-state index < -0.39 is 5.60 Å². The summed E-state index contributed by atoms with van der Waals surface area (Å²) >= 11 is 0. The number of ether oxygens (including phenoxy) is 2. The topological polar surface area (TPSA) is 83.1 Å². The van der Waals surface area contributed by atoms with Crippen molar-refractivity contribution in [2.75, 3.05) is 33.9 Å². The largest absolute Gasteiger partial charge is 0.493 e. The van der Waals surface area contributed by atoms with Crippen LogP contribution in [-0.4, -0.2) is 61.5 Å².